The number of nitrogens with zero attached hydrogens (tertiary/aromatic N) is 4. The molecule has 6 nitrogen and oxygen atoms in total. The van der Waals surface area contributed by atoms with Crippen LogP contribution in [-0.2, 0) is 17.7 Å². The van der Waals surface area contributed by atoms with Gasteiger partial charge in [-0.3, -0.25) is 0 Å². The summed E-state index contributed by atoms with van der Waals surface area (Å²) in [5, 5.41) is 9.86. The fraction of sp³-hybridized carbons (Fsp3) is 0.240. The monoisotopic (exact) mass is 446 g/mol. The summed E-state index contributed by atoms with van der Waals surface area (Å²) < 4.78 is 8.85. The van der Waals surface area contributed by atoms with Gasteiger partial charge in [-0.15, -0.1) is 0 Å². The Morgan fingerprint density at radius 3 is 2.78 bits per heavy atom. The summed E-state index contributed by atoms with van der Waals surface area (Å²) in [7, 11) is 1.38. The van der Waals surface area contributed by atoms with Crippen molar-refractivity contribution in [1.29, 1.82) is 5.26 Å². The Labute approximate surface area is 191 Å². The van der Waals surface area contributed by atoms with Crippen LogP contribution in [0.4, 0.5) is 0 Å². The number of rotatable bonds is 7. The van der Waals surface area contributed by atoms with E-state index in [1.807, 2.05) is 42.6 Å². The third-order valence-corrected chi connectivity index (χ3v) is 5.78. The van der Waals surface area contributed by atoms with Gasteiger partial charge >= 0.3 is 5.97 Å². The smallest absolute Gasteiger partial charge is 0.340 e. The number of hydrogen-bond donors (Lipinski definition) is 0. The predicted octanol–water partition coefficient (Wildman–Crippen LogP) is 5.53. The molecule has 0 spiro atoms. The van der Waals surface area contributed by atoms with E-state index in [-0.39, 0.29) is 5.97 Å². The summed E-state index contributed by atoms with van der Waals surface area (Å²) >= 11 is 6.61. The molecule has 0 bridgehead atoms. The average molecular weight is 447 g/mol. The summed E-state index contributed by atoms with van der Waals surface area (Å²) in [6.07, 6.45) is 4.67. The molecular formula is C25H23ClN4O2. The number of halogens is 1. The van der Waals surface area contributed by atoms with Gasteiger partial charge in [-0.1, -0.05) is 37.1 Å². The second-order valence-electron chi connectivity index (χ2n) is 7.54. The Hall–Kier alpha value is -3.56. The number of para-hydroxylation sites is 1. The van der Waals surface area contributed by atoms with Crippen molar-refractivity contribution in [1.82, 2.24) is 14.1 Å². The maximum absolute atomic E-state index is 12.4. The molecule has 162 valence electrons. The maximum atomic E-state index is 12.4. The lowest BCUT2D eigenvalue weighted by Gasteiger charge is -2.13. The molecule has 2 heterocycles. The second-order valence-corrected chi connectivity index (χ2v) is 7.95. The topological polar surface area (TPSA) is 72.8 Å². The van der Waals surface area contributed by atoms with Gasteiger partial charge in [0.25, 0.3) is 0 Å². The van der Waals surface area contributed by atoms with E-state index in [0.29, 0.717) is 22.8 Å². The molecule has 0 saturated heterocycles. The fourth-order valence-corrected chi connectivity index (χ4v) is 4.21. The molecule has 0 atom stereocenters. The molecule has 0 radical (unpaired) electrons. The highest BCUT2D eigenvalue weighted by Crippen LogP contribution is 2.27. The van der Waals surface area contributed by atoms with E-state index in [2.05, 4.69) is 17.6 Å². The van der Waals surface area contributed by atoms with Crippen LogP contribution >= 0.6 is 11.6 Å². The van der Waals surface area contributed by atoms with Crippen LogP contribution < -0.4 is 0 Å². The van der Waals surface area contributed by atoms with Crippen LogP contribution in [0.15, 0.2) is 54.7 Å². The summed E-state index contributed by atoms with van der Waals surface area (Å²) in [6.45, 7) is 2.66. The first-order chi connectivity index (χ1) is 15.6. The average Bonchev–Trinajstić information content (AvgIpc) is 3.41. The van der Waals surface area contributed by atoms with E-state index in [0.717, 1.165) is 47.4 Å². The Bertz CT molecular complexity index is 1330. The number of unbranched alkanes of at least 4 members (excludes halogenated alkanes) is 1. The maximum Gasteiger partial charge on any atom is 0.340 e. The lowest BCUT2D eigenvalue weighted by molar-refractivity contribution is 0.0602. The number of aryl methyl sites for hydroxylation is 1. The highest BCUT2D eigenvalue weighted by molar-refractivity contribution is 6.32. The largest absolute Gasteiger partial charge is 0.465 e. The number of esters is 1. The normalized spacial score (nSPS) is 10.9. The van der Waals surface area contributed by atoms with Crippen LogP contribution in [-0.4, -0.2) is 27.2 Å². The molecule has 0 unspecified atom stereocenters. The van der Waals surface area contributed by atoms with Gasteiger partial charge in [0.15, 0.2) is 0 Å². The molecule has 0 fully saturated rings. The second kappa shape index (κ2) is 9.29. The Morgan fingerprint density at radius 1 is 1.22 bits per heavy atom. The first-order valence-electron chi connectivity index (χ1n) is 10.5. The summed E-state index contributed by atoms with van der Waals surface area (Å²) in [6, 6.07) is 17.0. The predicted molar refractivity (Wildman–Crippen MR) is 124 cm³/mol. The number of imidazole rings is 1. The first kappa shape index (κ1) is 21.7. The van der Waals surface area contributed by atoms with E-state index < -0.39 is 0 Å². The minimum absolute atomic E-state index is 0.385. The van der Waals surface area contributed by atoms with Crippen LogP contribution in [0.25, 0.3) is 16.7 Å². The molecule has 2 aromatic heterocycles. The number of hydrogen-bond acceptors (Lipinski definition) is 4. The van der Waals surface area contributed by atoms with Gasteiger partial charge in [0.2, 0.25) is 0 Å². The van der Waals surface area contributed by atoms with E-state index in [9.17, 15) is 10.1 Å². The number of carbonyl (C=O) groups is 1. The van der Waals surface area contributed by atoms with E-state index in [1.54, 1.807) is 16.7 Å². The summed E-state index contributed by atoms with van der Waals surface area (Å²) in [4.78, 5) is 17.2. The number of aromatic nitrogens is 3. The lowest BCUT2D eigenvalue weighted by Crippen LogP contribution is -2.10. The number of ether oxygens (including phenoxy) is 1. The van der Waals surface area contributed by atoms with Gasteiger partial charge in [-0.2, -0.15) is 5.26 Å². The van der Waals surface area contributed by atoms with Crippen molar-refractivity contribution in [3.05, 3.63) is 82.4 Å². The zero-order chi connectivity index (χ0) is 22.7. The van der Waals surface area contributed by atoms with Gasteiger partial charge in [0, 0.05) is 19.2 Å². The van der Waals surface area contributed by atoms with Crippen molar-refractivity contribution in [2.45, 2.75) is 32.7 Å². The van der Waals surface area contributed by atoms with Gasteiger partial charge in [-0.25, -0.2) is 9.78 Å². The van der Waals surface area contributed by atoms with Crippen molar-refractivity contribution in [3.8, 4) is 11.8 Å². The highest BCUT2D eigenvalue weighted by atomic mass is 35.5. The van der Waals surface area contributed by atoms with Crippen LogP contribution in [0.5, 0.6) is 0 Å². The molecule has 0 amide bonds. The third kappa shape index (κ3) is 4.00. The highest BCUT2D eigenvalue weighted by Gasteiger charge is 2.19. The van der Waals surface area contributed by atoms with Gasteiger partial charge in [0.05, 0.1) is 34.4 Å². The minimum Gasteiger partial charge on any atom is -0.465 e. The Balaban J connectivity index is 1.79. The third-order valence-electron chi connectivity index (χ3n) is 5.48. The van der Waals surface area contributed by atoms with Gasteiger partial charge in [-0.05, 0) is 48.4 Å². The summed E-state index contributed by atoms with van der Waals surface area (Å²) in [5.74, 6) is 0.541. The van der Waals surface area contributed by atoms with Gasteiger partial charge < -0.3 is 13.9 Å². The van der Waals surface area contributed by atoms with Crippen molar-refractivity contribution in [2.75, 3.05) is 7.11 Å². The lowest BCUT2D eigenvalue weighted by atomic mass is 10.1. The molecule has 0 saturated carbocycles. The van der Waals surface area contributed by atoms with Crippen molar-refractivity contribution in [3.63, 3.8) is 0 Å². The fourth-order valence-electron chi connectivity index (χ4n) is 3.91. The molecule has 2 aromatic carbocycles. The number of nitriles is 1. The zero-order valence-corrected chi connectivity index (χ0v) is 18.8. The molecule has 0 aliphatic rings. The molecule has 4 rings (SSSR count). The van der Waals surface area contributed by atoms with Crippen LogP contribution in [0, 0.1) is 11.3 Å². The van der Waals surface area contributed by atoms with Crippen LogP contribution in [0.1, 0.15) is 47.2 Å². The number of methoxy groups -OCH3 is 1. The first-order valence-corrected chi connectivity index (χ1v) is 10.9. The Kier molecular flexibility index (Phi) is 6.29. The van der Waals surface area contributed by atoms with Crippen molar-refractivity contribution in [2.24, 2.45) is 0 Å². The number of carbonyl (C=O) groups excluding carboxylic acids is 1. The quantitative estimate of drug-likeness (QED) is 0.350. The number of benzene rings is 2. The number of fused-ring (bicyclic) bond motifs is 1. The molecule has 0 aliphatic heterocycles. The summed E-state index contributed by atoms with van der Waals surface area (Å²) in [5.41, 5.74) is 4.27. The van der Waals surface area contributed by atoms with E-state index in [1.165, 1.54) is 7.11 Å². The van der Waals surface area contributed by atoms with Crippen LogP contribution in [0.3, 0.4) is 0 Å². The van der Waals surface area contributed by atoms with Crippen molar-refractivity contribution >= 4 is 28.6 Å². The van der Waals surface area contributed by atoms with Crippen LogP contribution in [0.2, 0.25) is 5.02 Å². The molecule has 7 heteroatoms. The zero-order valence-electron chi connectivity index (χ0n) is 18.0. The van der Waals surface area contributed by atoms with E-state index >= 15 is 0 Å². The Morgan fingerprint density at radius 2 is 2.06 bits per heavy atom. The molecule has 4 aromatic rings. The standard InChI is InChI=1S/C25H23ClN4O2/c1-3-4-10-23-28-21-9-5-8-19(25(31)32-2)24(21)30(23)16-17-11-12-22(20(26)14-17)29-13-6-7-18(29)15-27/h5-9,11-14H,3-4,10,16H2,1-2H3. The van der Waals surface area contributed by atoms with Crippen molar-refractivity contribution < 1.29 is 9.53 Å². The molecule has 32 heavy (non-hydrogen) atoms. The SMILES string of the molecule is CCCCc1nc2cccc(C(=O)OC)c2n1Cc1ccc(-n2cccc2C#N)c(Cl)c1. The molecular weight excluding hydrogens is 424 g/mol. The van der Waals surface area contributed by atoms with Gasteiger partial charge in [0.1, 0.15) is 17.6 Å². The van der Waals surface area contributed by atoms with E-state index in [4.69, 9.17) is 21.3 Å². The minimum atomic E-state index is -0.385. The molecule has 0 N–H and O–H groups in total. The molecule has 0 aliphatic carbocycles.